The minimum atomic E-state index is -3.40. The summed E-state index contributed by atoms with van der Waals surface area (Å²) in [7, 11) is -3.40. The maximum atomic E-state index is 12.7. The first-order chi connectivity index (χ1) is 12.1. The molecule has 3 heterocycles. The molecule has 1 aromatic heterocycles. The summed E-state index contributed by atoms with van der Waals surface area (Å²) >= 11 is 1.71. The van der Waals surface area contributed by atoms with Gasteiger partial charge >= 0.3 is 0 Å². The highest BCUT2D eigenvalue weighted by molar-refractivity contribution is 7.95. The van der Waals surface area contributed by atoms with Crippen LogP contribution in [0, 0.1) is 5.41 Å². The van der Waals surface area contributed by atoms with E-state index < -0.39 is 10.4 Å². The van der Waals surface area contributed by atoms with Gasteiger partial charge in [0.2, 0.25) is 0 Å². The first-order valence-electron chi connectivity index (χ1n) is 8.44. The molecule has 7 heteroatoms. The number of hydrogen-bond acceptors (Lipinski definition) is 5. The van der Waals surface area contributed by atoms with Crippen molar-refractivity contribution >= 4 is 21.7 Å². The summed E-state index contributed by atoms with van der Waals surface area (Å²) in [6, 6.07) is 10.8. The molecular weight excluding hydrogens is 356 g/mol. The molecule has 0 N–H and O–H groups in total. The minimum Gasteiger partial charge on any atom is -0.593 e. The van der Waals surface area contributed by atoms with Gasteiger partial charge in [-0.3, -0.25) is 4.90 Å². The molecule has 4 rings (SSSR count). The highest BCUT2D eigenvalue weighted by Gasteiger charge is 2.53. The SMILES string of the molecule is O=[S+]([O-])(c1ccccc1)N1CC2(COCCN(Cc3ccsc3)C2)C1. The van der Waals surface area contributed by atoms with Gasteiger partial charge < -0.3 is 9.29 Å². The van der Waals surface area contributed by atoms with Crippen LogP contribution in [0.1, 0.15) is 5.56 Å². The second-order valence-electron chi connectivity index (χ2n) is 6.98. The van der Waals surface area contributed by atoms with Crippen LogP contribution in [-0.2, 0) is 25.9 Å². The Labute approximate surface area is 153 Å². The third-order valence-corrected chi connectivity index (χ3v) is 7.45. The highest BCUT2D eigenvalue weighted by Crippen LogP contribution is 2.39. The van der Waals surface area contributed by atoms with Gasteiger partial charge in [0.25, 0.3) is 0 Å². The predicted molar refractivity (Wildman–Crippen MR) is 98.0 cm³/mol. The smallest absolute Gasteiger partial charge is 0.175 e. The normalized spacial score (nSPS) is 23.7. The van der Waals surface area contributed by atoms with Crippen LogP contribution in [0.2, 0.25) is 0 Å². The molecule has 0 aliphatic carbocycles. The van der Waals surface area contributed by atoms with E-state index in [0.717, 1.165) is 19.6 Å². The molecule has 0 amide bonds. The zero-order valence-corrected chi connectivity index (χ0v) is 15.6. The van der Waals surface area contributed by atoms with Gasteiger partial charge in [-0.2, -0.15) is 11.3 Å². The summed E-state index contributed by atoms with van der Waals surface area (Å²) in [5.41, 5.74) is 1.23. The van der Waals surface area contributed by atoms with Crippen LogP contribution in [0.5, 0.6) is 0 Å². The van der Waals surface area contributed by atoms with Crippen LogP contribution in [0.15, 0.2) is 52.1 Å². The van der Waals surface area contributed by atoms with Crippen LogP contribution in [0.4, 0.5) is 0 Å². The molecule has 1 atom stereocenters. The fourth-order valence-corrected chi connectivity index (χ4v) is 6.01. The average molecular weight is 379 g/mol. The lowest BCUT2D eigenvalue weighted by atomic mass is 9.82. The van der Waals surface area contributed by atoms with E-state index in [0.29, 0.717) is 31.2 Å². The second-order valence-corrected chi connectivity index (χ2v) is 9.70. The zero-order valence-electron chi connectivity index (χ0n) is 14.0. The Hall–Kier alpha value is -1.09. The molecular formula is C18H22N2O3S2. The summed E-state index contributed by atoms with van der Waals surface area (Å²) < 4.78 is 32.9. The van der Waals surface area contributed by atoms with Crippen LogP contribution >= 0.6 is 11.3 Å². The molecule has 2 aliphatic heterocycles. The third kappa shape index (κ3) is 3.58. The summed E-state index contributed by atoms with van der Waals surface area (Å²) in [5.74, 6) is 0. The van der Waals surface area contributed by atoms with Crippen molar-refractivity contribution in [3.8, 4) is 0 Å². The predicted octanol–water partition coefficient (Wildman–Crippen LogP) is 2.49. The largest absolute Gasteiger partial charge is 0.593 e. The van der Waals surface area contributed by atoms with Crippen molar-refractivity contribution in [2.45, 2.75) is 11.4 Å². The van der Waals surface area contributed by atoms with E-state index in [-0.39, 0.29) is 5.41 Å². The number of ether oxygens (including phenoxy) is 1. The Morgan fingerprint density at radius 2 is 2.00 bits per heavy atom. The number of hydrogen-bond donors (Lipinski definition) is 0. The van der Waals surface area contributed by atoms with Crippen LogP contribution in [-0.4, -0.2) is 53.2 Å². The third-order valence-electron chi connectivity index (χ3n) is 4.91. The van der Waals surface area contributed by atoms with Gasteiger partial charge in [0.05, 0.1) is 26.3 Å². The molecule has 5 nitrogen and oxygen atoms in total. The fraction of sp³-hybridized carbons (Fsp3) is 0.444. The maximum absolute atomic E-state index is 12.7. The first kappa shape index (κ1) is 17.3. The Morgan fingerprint density at radius 1 is 1.20 bits per heavy atom. The number of nitrogens with zero attached hydrogens (tertiary/aromatic N) is 2. The standard InChI is InChI=1S/C18H22N2O3S2/c21-25(22,17-4-2-1-3-5-17)20-13-18(14-20)12-19(7-8-23-15-18)10-16-6-9-24-11-16/h1-6,9,11H,7-8,10,12-15H2. The average Bonchev–Trinajstić information content (AvgIpc) is 2.99. The lowest BCUT2D eigenvalue weighted by Crippen LogP contribution is -2.64. The molecule has 1 aromatic carbocycles. The molecule has 2 aromatic rings. The minimum absolute atomic E-state index is 0.0889. The van der Waals surface area contributed by atoms with Crippen molar-refractivity contribution in [3.63, 3.8) is 0 Å². The lowest BCUT2D eigenvalue weighted by Gasteiger charge is -2.49. The topological polar surface area (TPSA) is 55.8 Å². The van der Waals surface area contributed by atoms with E-state index >= 15 is 0 Å². The van der Waals surface area contributed by atoms with Gasteiger partial charge in [-0.15, -0.1) is 4.31 Å². The first-order valence-corrected chi connectivity index (χ1v) is 10.8. The summed E-state index contributed by atoms with van der Waals surface area (Å²) in [5, 5.41) is 4.27. The van der Waals surface area contributed by atoms with Gasteiger partial charge in [0.15, 0.2) is 15.3 Å². The van der Waals surface area contributed by atoms with E-state index in [4.69, 9.17) is 4.74 Å². The Kier molecular flexibility index (Phi) is 4.79. The number of benzene rings is 1. The molecule has 0 saturated carbocycles. The molecule has 2 saturated heterocycles. The van der Waals surface area contributed by atoms with Crippen LogP contribution in [0.3, 0.4) is 0 Å². The maximum Gasteiger partial charge on any atom is 0.175 e. The quantitative estimate of drug-likeness (QED) is 0.767. The lowest BCUT2D eigenvalue weighted by molar-refractivity contribution is -0.0207. The number of thiophene rings is 1. The fourth-order valence-electron chi connectivity index (χ4n) is 3.66. The van der Waals surface area contributed by atoms with Crippen molar-refractivity contribution < 1.29 is 13.5 Å². The van der Waals surface area contributed by atoms with E-state index in [2.05, 4.69) is 21.7 Å². The number of sulfonamides is 1. The summed E-state index contributed by atoms with van der Waals surface area (Å²) in [4.78, 5) is 2.76. The van der Waals surface area contributed by atoms with Gasteiger partial charge in [-0.25, -0.2) is 0 Å². The second kappa shape index (κ2) is 6.90. The molecule has 0 bridgehead atoms. The monoisotopic (exact) mass is 378 g/mol. The Balaban J connectivity index is 1.44. The molecule has 134 valence electrons. The molecule has 1 unspecified atom stereocenters. The van der Waals surface area contributed by atoms with Crippen molar-refractivity contribution in [2.75, 3.05) is 39.4 Å². The van der Waals surface area contributed by atoms with Crippen LogP contribution in [0.25, 0.3) is 0 Å². The molecule has 0 radical (unpaired) electrons. The Bertz CT molecular complexity index is 745. The van der Waals surface area contributed by atoms with E-state index in [1.807, 2.05) is 6.07 Å². The molecule has 2 aliphatic rings. The summed E-state index contributed by atoms with van der Waals surface area (Å²) in [6.07, 6.45) is 0. The van der Waals surface area contributed by atoms with Crippen molar-refractivity contribution in [3.05, 3.63) is 52.7 Å². The highest BCUT2D eigenvalue weighted by atomic mass is 32.3. The van der Waals surface area contributed by atoms with Gasteiger partial charge in [0.1, 0.15) is 0 Å². The van der Waals surface area contributed by atoms with Crippen LogP contribution < -0.4 is 0 Å². The van der Waals surface area contributed by atoms with E-state index in [9.17, 15) is 8.76 Å². The van der Waals surface area contributed by atoms with Gasteiger partial charge in [0, 0.05) is 25.0 Å². The van der Waals surface area contributed by atoms with Gasteiger partial charge in [-0.05, 0) is 34.5 Å². The van der Waals surface area contributed by atoms with Gasteiger partial charge in [-0.1, -0.05) is 22.4 Å². The van der Waals surface area contributed by atoms with E-state index in [1.54, 1.807) is 39.9 Å². The molecule has 25 heavy (non-hydrogen) atoms. The van der Waals surface area contributed by atoms with E-state index in [1.165, 1.54) is 5.56 Å². The number of rotatable bonds is 4. The molecule has 2 fully saturated rings. The van der Waals surface area contributed by atoms with Crippen molar-refractivity contribution in [1.29, 1.82) is 0 Å². The molecule has 1 spiro atoms. The Morgan fingerprint density at radius 3 is 2.72 bits per heavy atom. The van der Waals surface area contributed by atoms with Crippen molar-refractivity contribution in [1.82, 2.24) is 9.21 Å². The zero-order chi connectivity index (χ0) is 17.3. The van der Waals surface area contributed by atoms with Crippen molar-refractivity contribution in [2.24, 2.45) is 5.41 Å². The summed E-state index contributed by atoms with van der Waals surface area (Å²) in [6.45, 7) is 5.08.